The Bertz CT molecular complexity index is 563. The minimum atomic E-state index is -0.246. The SMILES string of the molecule is [Se]C(c1ccccc1)(c1ccccc1)c1ccccc1. The van der Waals surface area contributed by atoms with E-state index >= 15 is 0 Å². The monoisotopic (exact) mass is 323 g/mol. The molecule has 0 aliphatic rings. The summed E-state index contributed by atoms with van der Waals surface area (Å²) in [6.45, 7) is 0. The van der Waals surface area contributed by atoms with Gasteiger partial charge in [-0.05, 0) is 0 Å². The summed E-state index contributed by atoms with van der Waals surface area (Å²) in [5.74, 6) is 0. The summed E-state index contributed by atoms with van der Waals surface area (Å²) in [7, 11) is 0. The fourth-order valence-electron chi connectivity index (χ4n) is 2.52. The second-order valence-electron chi connectivity index (χ2n) is 4.78. The van der Waals surface area contributed by atoms with Crippen molar-refractivity contribution in [1.82, 2.24) is 0 Å². The first-order chi connectivity index (χ1) is 9.82. The summed E-state index contributed by atoms with van der Waals surface area (Å²) in [4.78, 5) is 0. The predicted octanol–water partition coefficient (Wildman–Crippen LogP) is 4.15. The van der Waals surface area contributed by atoms with Gasteiger partial charge in [0.2, 0.25) is 0 Å². The summed E-state index contributed by atoms with van der Waals surface area (Å²) in [5.41, 5.74) is 3.78. The van der Waals surface area contributed by atoms with Gasteiger partial charge in [0.25, 0.3) is 0 Å². The number of hydrogen-bond acceptors (Lipinski definition) is 0. The molecule has 0 atom stereocenters. The molecule has 0 fully saturated rings. The van der Waals surface area contributed by atoms with Crippen LogP contribution in [-0.2, 0) is 4.31 Å². The first-order valence-electron chi connectivity index (χ1n) is 6.69. The Labute approximate surface area is 128 Å². The first kappa shape index (κ1) is 13.2. The van der Waals surface area contributed by atoms with Crippen LogP contribution in [0.3, 0.4) is 0 Å². The van der Waals surface area contributed by atoms with E-state index in [1.54, 1.807) is 0 Å². The second kappa shape index (κ2) is 5.66. The zero-order valence-electron chi connectivity index (χ0n) is 11.1. The molecule has 0 heterocycles. The Kier molecular flexibility index (Phi) is 3.73. The van der Waals surface area contributed by atoms with Crippen molar-refractivity contribution in [3.63, 3.8) is 0 Å². The molecule has 97 valence electrons. The van der Waals surface area contributed by atoms with Gasteiger partial charge in [0, 0.05) is 0 Å². The van der Waals surface area contributed by atoms with Crippen LogP contribution in [0.15, 0.2) is 91.0 Å². The van der Waals surface area contributed by atoms with Gasteiger partial charge in [-0.25, -0.2) is 0 Å². The van der Waals surface area contributed by atoms with E-state index in [2.05, 4.69) is 107 Å². The van der Waals surface area contributed by atoms with Crippen molar-refractivity contribution in [2.75, 3.05) is 0 Å². The van der Waals surface area contributed by atoms with Gasteiger partial charge in [-0.2, -0.15) is 0 Å². The zero-order chi connectivity index (χ0) is 13.8. The van der Waals surface area contributed by atoms with Crippen molar-refractivity contribution in [2.24, 2.45) is 0 Å². The van der Waals surface area contributed by atoms with Gasteiger partial charge in [0.05, 0.1) is 0 Å². The Balaban J connectivity index is 2.24. The normalized spacial score (nSPS) is 11.2. The van der Waals surface area contributed by atoms with E-state index in [1.165, 1.54) is 16.7 Å². The van der Waals surface area contributed by atoms with Gasteiger partial charge in [-0.3, -0.25) is 0 Å². The zero-order valence-corrected chi connectivity index (χ0v) is 12.8. The van der Waals surface area contributed by atoms with E-state index in [1.807, 2.05) is 0 Å². The molecule has 0 aliphatic heterocycles. The fourth-order valence-corrected chi connectivity index (χ4v) is 3.38. The van der Waals surface area contributed by atoms with Gasteiger partial charge in [0.1, 0.15) is 0 Å². The summed E-state index contributed by atoms with van der Waals surface area (Å²) >= 11 is 3.44. The molecule has 0 aromatic heterocycles. The molecule has 0 unspecified atom stereocenters. The van der Waals surface area contributed by atoms with Gasteiger partial charge >= 0.3 is 128 Å². The van der Waals surface area contributed by atoms with Crippen molar-refractivity contribution in [2.45, 2.75) is 4.31 Å². The molecule has 3 aromatic carbocycles. The van der Waals surface area contributed by atoms with Gasteiger partial charge in [0.15, 0.2) is 0 Å². The van der Waals surface area contributed by atoms with Crippen LogP contribution in [0.4, 0.5) is 0 Å². The van der Waals surface area contributed by atoms with E-state index < -0.39 is 0 Å². The van der Waals surface area contributed by atoms with Crippen LogP contribution in [0.1, 0.15) is 16.7 Å². The maximum absolute atomic E-state index is 3.44. The third kappa shape index (κ3) is 2.31. The summed E-state index contributed by atoms with van der Waals surface area (Å²) in [5, 5.41) is 0. The molecule has 1 radical (unpaired) electrons. The van der Waals surface area contributed by atoms with Gasteiger partial charge in [-0.1, -0.05) is 0 Å². The number of rotatable bonds is 3. The van der Waals surface area contributed by atoms with E-state index in [0.29, 0.717) is 0 Å². The fraction of sp³-hybridized carbons (Fsp3) is 0.0526. The van der Waals surface area contributed by atoms with Crippen molar-refractivity contribution in [3.05, 3.63) is 108 Å². The van der Waals surface area contributed by atoms with Crippen LogP contribution in [-0.4, -0.2) is 16.0 Å². The summed E-state index contributed by atoms with van der Waals surface area (Å²) in [6, 6.07) is 31.8. The Morgan fingerprint density at radius 3 is 0.950 bits per heavy atom. The number of benzene rings is 3. The standard InChI is InChI=1S/C19H15Se/c20-19(16-10-4-1-5-11-16,17-12-6-2-7-13-17)18-14-8-3-9-15-18/h1-15H. The Morgan fingerprint density at radius 2 is 0.700 bits per heavy atom. The Morgan fingerprint density at radius 1 is 0.450 bits per heavy atom. The van der Waals surface area contributed by atoms with Crippen LogP contribution in [0.25, 0.3) is 0 Å². The van der Waals surface area contributed by atoms with Crippen LogP contribution in [0.2, 0.25) is 0 Å². The Hall–Kier alpha value is -1.82. The predicted molar refractivity (Wildman–Crippen MR) is 85.0 cm³/mol. The molecule has 3 aromatic rings. The van der Waals surface area contributed by atoms with E-state index in [9.17, 15) is 0 Å². The quantitative estimate of drug-likeness (QED) is 0.502. The van der Waals surface area contributed by atoms with Gasteiger partial charge < -0.3 is 0 Å². The molecule has 1 heteroatoms. The third-order valence-corrected chi connectivity index (χ3v) is 5.02. The summed E-state index contributed by atoms with van der Waals surface area (Å²) < 4.78 is -0.246. The first-order valence-corrected chi connectivity index (χ1v) is 7.54. The molecule has 20 heavy (non-hydrogen) atoms. The molecular weight excluding hydrogens is 307 g/mol. The third-order valence-electron chi connectivity index (χ3n) is 3.54. The van der Waals surface area contributed by atoms with E-state index in [0.717, 1.165) is 0 Å². The molecule has 0 saturated heterocycles. The average Bonchev–Trinajstić information content (AvgIpc) is 2.56. The van der Waals surface area contributed by atoms with Crippen LogP contribution >= 0.6 is 0 Å². The number of hydrogen-bond donors (Lipinski definition) is 0. The van der Waals surface area contributed by atoms with Crippen molar-refractivity contribution in [1.29, 1.82) is 0 Å². The molecule has 0 spiro atoms. The molecule has 0 aliphatic carbocycles. The average molecular weight is 322 g/mol. The maximum atomic E-state index is 3.44. The molecular formula is C19H15Se. The second-order valence-corrected chi connectivity index (χ2v) is 6.06. The molecule has 0 bridgehead atoms. The molecule has 3 rings (SSSR count). The minimum absolute atomic E-state index is 0.246. The van der Waals surface area contributed by atoms with E-state index in [-0.39, 0.29) is 4.31 Å². The van der Waals surface area contributed by atoms with Crippen molar-refractivity contribution >= 4 is 16.0 Å². The van der Waals surface area contributed by atoms with Crippen LogP contribution in [0.5, 0.6) is 0 Å². The van der Waals surface area contributed by atoms with Crippen molar-refractivity contribution in [3.8, 4) is 0 Å². The van der Waals surface area contributed by atoms with Crippen LogP contribution in [0, 0.1) is 0 Å². The molecule has 0 saturated carbocycles. The van der Waals surface area contributed by atoms with E-state index in [4.69, 9.17) is 0 Å². The summed E-state index contributed by atoms with van der Waals surface area (Å²) in [6.07, 6.45) is 0. The van der Waals surface area contributed by atoms with Crippen LogP contribution < -0.4 is 0 Å². The van der Waals surface area contributed by atoms with Gasteiger partial charge in [-0.15, -0.1) is 0 Å². The molecule has 0 N–H and O–H groups in total. The van der Waals surface area contributed by atoms with Crippen molar-refractivity contribution < 1.29 is 0 Å². The topological polar surface area (TPSA) is 0 Å². The molecule has 0 amide bonds. The molecule has 0 nitrogen and oxygen atoms in total.